The Morgan fingerprint density at radius 2 is 0.860 bits per heavy atom. The van der Waals surface area contributed by atoms with E-state index in [0.29, 0.717) is 31.2 Å². The van der Waals surface area contributed by atoms with Crippen molar-refractivity contribution in [3.63, 3.8) is 0 Å². The quantitative estimate of drug-likeness (QED) is 0.225. The fourth-order valence-corrected chi connectivity index (χ4v) is 5.79. The molecule has 0 bridgehead atoms. The SMILES string of the molecule is CC(=O)C1=NN(c2ccccc2)[C@@H](c2ccccc2)N1CCCN1C(C(C)=O)=NN(c2ccccc2)[C@H]1c1ccccc1. The van der Waals surface area contributed by atoms with E-state index in [0.717, 1.165) is 22.5 Å². The summed E-state index contributed by atoms with van der Waals surface area (Å²) < 4.78 is 0. The average molecular weight is 571 g/mol. The van der Waals surface area contributed by atoms with Crippen LogP contribution in [0.25, 0.3) is 0 Å². The Labute approximate surface area is 252 Å². The lowest BCUT2D eigenvalue weighted by Crippen LogP contribution is -2.42. The van der Waals surface area contributed by atoms with E-state index >= 15 is 0 Å². The highest BCUT2D eigenvalue weighted by atomic mass is 16.1. The predicted molar refractivity (Wildman–Crippen MR) is 170 cm³/mol. The van der Waals surface area contributed by atoms with Crippen molar-refractivity contribution in [3.8, 4) is 0 Å². The molecule has 2 aliphatic heterocycles. The number of anilines is 2. The number of para-hydroxylation sites is 2. The summed E-state index contributed by atoms with van der Waals surface area (Å²) in [5, 5.41) is 13.5. The predicted octanol–water partition coefficient (Wildman–Crippen LogP) is 6.22. The third kappa shape index (κ3) is 5.64. The van der Waals surface area contributed by atoms with Gasteiger partial charge in [0, 0.05) is 26.9 Å². The van der Waals surface area contributed by atoms with E-state index < -0.39 is 0 Å². The van der Waals surface area contributed by atoms with Crippen LogP contribution in [-0.2, 0) is 9.59 Å². The minimum atomic E-state index is -0.284. The number of hydrazone groups is 2. The summed E-state index contributed by atoms with van der Waals surface area (Å²) in [6, 6.07) is 40.1. The van der Waals surface area contributed by atoms with Gasteiger partial charge in [0.1, 0.15) is 0 Å². The van der Waals surface area contributed by atoms with Crippen molar-refractivity contribution in [1.82, 2.24) is 9.80 Å². The first-order chi connectivity index (χ1) is 21.0. The van der Waals surface area contributed by atoms with Gasteiger partial charge in [0.25, 0.3) is 0 Å². The fourth-order valence-electron chi connectivity index (χ4n) is 5.79. The van der Waals surface area contributed by atoms with E-state index in [9.17, 15) is 9.59 Å². The second-order valence-electron chi connectivity index (χ2n) is 10.6. The molecule has 8 heteroatoms. The summed E-state index contributed by atoms with van der Waals surface area (Å²) in [5.41, 5.74) is 3.89. The molecule has 4 aromatic carbocycles. The molecule has 0 aromatic heterocycles. The molecule has 0 fully saturated rings. The molecule has 8 nitrogen and oxygen atoms in total. The van der Waals surface area contributed by atoms with E-state index in [1.165, 1.54) is 0 Å². The first kappa shape index (κ1) is 27.9. The number of ketones is 2. The first-order valence-electron chi connectivity index (χ1n) is 14.5. The fraction of sp³-hybridized carbons (Fsp3) is 0.200. The molecule has 4 aromatic rings. The minimum Gasteiger partial charge on any atom is -0.326 e. The zero-order valence-corrected chi connectivity index (χ0v) is 24.3. The molecular formula is C35H34N6O2. The lowest BCUT2D eigenvalue weighted by Gasteiger charge is -2.34. The first-order valence-corrected chi connectivity index (χ1v) is 14.5. The standard InChI is InChI=1S/C35H34N6O2/c1-26(42)32-36-40(30-20-11-5-12-21-30)34(28-16-7-3-8-17-28)38(32)24-15-25-39-33(27(2)43)37-41(31-22-13-6-14-23-31)35(39)29-18-9-4-10-19-29/h3-14,16-23,34-35H,15,24-25H2,1-2H3/t34-,35-/m0/s1. The maximum Gasteiger partial charge on any atom is 0.196 e. The van der Waals surface area contributed by atoms with Gasteiger partial charge < -0.3 is 9.80 Å². The van der Waals surface area contributed by atoms with Gasteiger partial charge in [0.15, 0.2) is 35.6 Å². The second-order valence-corrected chi connectivity index (χ2v) is 10.6. The van der Waals surface area contributed by atoms with Crippen LogP contribution in [0.15, 0.2) is 132 Å². The molecule has 0 amide bonds. The number of amidine groups is 2. The minimum absolute atomic E-state index is 0.0936. The van der Waals surface area contributed by atoms with Crippen molar-refractivity contribution in [1.29, 1.82) is 0 Å². The smallest absolute Gasteiger partial charge is 0.196 e. The molecule has 0 saturated carbocycles. The van der Waals surface area contributed by atoms with Crippen molar-refractivity contribution < 1.29 is 9.59 Å². The number of benzene rings is 4. The number of carbonyl (C=O) groups is 2. The van der Waals surface area contributed by atoms with Crippen molar-refractivity contribution in [3.05, 3.63) is 132 Å². The molecule has 216 valence electrons. The number of hydrogen-bond acceptors (Lipinski definition) is 8. The van der Waals surface area contributed by atoms with Gasteiger partial charge in [-0.1, -0.05) is 97.1 Å². The van der Waals surface area contributed by atoms with Crippen molar-refractivity contribution in [2.75, 3.05) is 23.1 Å². The van der Waals surface area contributed by atoms with E-state index in [1.54, 1.807) is 13.8 Å². The molecule has 0 spiro atoms. The molecule has 2 heterocycles. The van der Waals surface area contributed by atoms with Gasteiger partial charge in [-0.15, -0.1) is 10.2 Å². The normalized spacial score (nSPS) is 18.1. The molecule has 0 N–H and O–H groups in total. The topological polar surface area (TPSA) is 71.8 Å². The van der Waals surface area contributed by atoms with Crippen LogP contribution in [-0.4, -0.2) is 46.1 Å². The van der Waals surface area contributed by atoms with Crippen LogP contribution in [0.2, 0.25) is 0 Å². The van der Waals surface area contributed by atoms with Gasteiger partial charge in [-0.2, -0.15) is 0 Å². The highest BCUT2D eigenvalue weighted by Gasteiger charge is 2.40. The summed E-state index contributed by atoms with van der Waals surface area (Å²) in [6.07, 6.45) is 0.0943. The van der Waals surface area contributed by atoms with Crippen LogP contribution in [0.4, 0.5) is 11.4 Å². The number of Topliss-reactive ketones (excluding diaryl/α,β-unsaturated/α-hetero) is 2. The maximum atomic E-state index is 12.9. The van der Waals surface area contributed by atoms with Crippen LogP contribution in [0, 0.1) is 0 Å². The van der Waals surface area contributed by atoms with Crippen LogP contribution < -0.4 is 10.0 Å². The van der Waals surface area contributed by atoms with Gasteiger partial charge in [0.2, 0.25) is 0 Å². The molecule has 6 rings (SSSR count). The molecular weight excluding hydrogens is 536 g/mol. The third-order valence-corrected chi connectivity index (χ3v) is 7.67. The summed E-state index contributed by atoms with van der Waals surface area (Å²) in [4.78, 5) is 30.0. The molecule has 0 aliphatic carbocycles. The molecule has 0 unspecified atom stereocenters. The Kier molecular flexibility index (Phi) is 8.00. The average Bonchev–Trinajstić information content (AvgIpc) is 3.63. The molecule has 43 heavy (non-hydrogen) atoms. The second kappa shape index (κ2) is 12.3. The molecule has 2 aliphatic rings. The number of rotatable bonds is 10. The lowest BCUT2D eigenvalue weighted by molar-refractivity contribution is -0.112. The van der Waals surface area contributed by atoms with Crippen molar-refractivity contribution in [2.45, 2.75) is 32.6 Å². The van der Waals surface area contributed by atoms with E-state index in [4.69, 9.17) is 10.2 Å². The Morgan fingerprint density at radius 3 is 1.19 bits per heavy atom. The van der Waals surface area contributed by atoms with Crippen LogP contribution >= 0.6 is 0 Å². The van der Waals surface area contributed by atoms with Gasteiger partial charge in [-0.25, -0.2) is 10.0 Å². The van der Waals surface area contributed by atoms with E-state index in [2.05, 4.69) is 34.1 Å². The van der Waals surface area contributed by atoms with Crippen LogP contribution in [0.1, 0.15) is 43.7 Å². The number of carbonyl (C=O) groups excluding carboxylic acids is 2. The van der Waals surface area contributed by atoms with Crippen LogP contribution in [0.5, 0.6) is 0 Å². The Bertz CT molecular complexity index is 1500. The summed E-state index contributed by atoms with van der Waals surface area (Å²) in [7, 11) is 0. The largest absolute Gasteiger partial charge is 0.326 e. The van der Waals surface area contributed by atoms with Gasteiger partial charge in [-0.3, -0.25) is 9.59 Å². The lowest BCUT2D eigenvalue weighted by atomic mass is 10.1. The third-order valence-electron chi connectivity index (χ3n) is 7.67. The number of hydrogen-bond donors (Lipinski definition) is 0. The zero-order chi connectivity index (χ0) is 29.8. The summed E-state index contributed by atoms with van der Waals surface area (Å²) in [6.45, 7) is 4.23. The maximum absolute atomic E-state index is 12.9. The highest BCUT2D eigenvalue weighted by molar-refractivity contribution is 6.39. The van der Waals surface area contributed by atoms with E-state index in [1.807, 2.05) is 107 Å². The Morgan fingerprint density at radius 1 is 0.535 bits per heavy atom. The van der Waals surface area contributed by atoms with Crippen molar-refractivity contribution >= 4 is 34.6 Å². The highest BCUT2D eigenvalue weighted by Crippen LogP contribution is 2.38. The van der Waals surface area contributed by atoms with Crippen LogP contribution in [0.3, 0.4) is 0 Å². The molecule has 0 saturated heterocycles. The molecule has 2 atom stereocenters. The molecule has 0 radical (unpaired) electrons. The summed E-state index contributed by atoms with van der Waals surface area (Å²) >= 11 is 0. The number of nitrogens with zero attached hydrogens (tertiary/aromatic N) is 6. The summed E-state index contributed by atoms with van der Waals surface area (Å²) in [5.74, 6) is 0.656. The van der Waals surface area contributed by atoms with Crippen molar-refractivity contribution in [2.24, 2.45) is 10.2 Å². The Hall–Kier alpha value is -5.24. The van der Waals surface area contributed by atoms with Gasteiger partial charge >= 0.3 is 0 Å². The van der Waals surface area contributed by atoms with Gasteiger partial charge in [0.05, 0.1) is 11.4 Å². The Balaban J connectivity index is 1.31. The monoisotopic (exact) mass is 570 g/mol. The zero-order valence-electron chi connectivity index (χ0n) is 24.3. The van der Waals surface area contributed by atoms with E-state index in [-0.39, 0.29) is 23.9 Å². The van der Waals surface area contributed by atoms with Gasteiger partial charge in [-0.05, 0) is 41.8 Å².